The van der Waals surface area contributed by atoms with E-state index in [4.69, 9.17) is 0 Å². The van der Waals surface area contributed by atoms with Gasteiger partial charge in [0, 0.05) is 12.6 Å². The zero-order chi connectivity index (χ0) is 27.2. The third kappa shape index (κ3) is 6.91. The van der Waals surface area contributed by atoms with Gasteiger partial charge in [0.1, 0.15) is 24.2 Å². The summed E-state index contributed by atoms with van der Waals surface area (Å²) in [5, 5.41) is 2.74. The van der Waals surface area contributed by atoms with E-state index in [-0.39, 0.29) is 23.2 Å². The number of anilines is 1. The van der Waals surface area contributed by atoms with Gasteiger partial charge in [0.15, 0.2) is 0 Å². The van der Waals surface area contributed by atoms with Crippen LogP contribution in [0.25, 0.3) is 0 Å². The molecule has 2 amide bonds. The van der Waals surface area contributed by atoms with E-state index in [9.17, 15) is 26.8 Å². The van der Waals surface area contributed by atoms with Gasteiger partial charge in [0.25, 0.3) is 10.0 Å². The minimum Gasteiger partial charge on any atom is -0.352 e. The van der Waals surface area contributed by atoms with Gasteiger partial charge >= 0.3 is 0 Å². The molecule has 196 valence electrons. The highest BCUT2D eigenvalue weighted by atomic mass is 32.2. The second-order valence-electron chi connectivity index (χ2n) is 8.76. The van der Waals surface area contributed by atoms with Crippen LogP contribution in [0.3, 0.4) is 0 Å². The van der Waals surface area contributed by atoms with Gasteiger partial charge < -0.3 is 10.2 Å². The van der Waals surface area contributed by atoms with E-state index < -0.39 is 46.1 Å². The molecule has 0 saturated carbocycles. The normalized spacial score (nSPS) is 12.2. The molecular formula is C27H29F2N3O4S. The van der Waals surface area contributed by atoms with Crippen LogP contribution in [0.15, 0.2) is 83.8 Å². The van der Waals surface area contributed by atoms with Gasteiger partial charge in [-0.2, -0.15) is 0 Å². The first-order valence-electron chi connectivity index (χ1n) is 11.7. The lowest BCUT2D eigenvalue weighted by atomic mass is 10.1. The molecule has 3 aromatic carbocycles. The summed E-state index contributed by atoms with van der Waals surface area (Å²) in [6.45, 7) is 4.19. The van der Waals surface area contributed by atoms with E-state index in [2.05, 4.69) is 5.32 Å². The molecule has 0 aliphatic heterocycles. The van der Waals surface area contributed by atoms with Crippen LogP contribution < -0.4 is 9.62 Å². The van der Waals surface area contributed by atoms with Crippen molar-refractivity contribution in [1.82, 2.24) is 10.2 Å². The average molecular weight is 530 g/mol. The van der Waals surface area contributed by atoms with Crippen LogP contribution in [0.4, 0.5) is 14.5 Å². The summed E-state index contributed by atoms with van der Waals surface area (Å²) in [4.78, 5) is 27.5. The number of rotatable bonds is 10. The Hall–Kier alpha value is -3.79. The molecular weight excluding hydrogens is 500 g/mol. The van der Waals surface area contributed by atoms with Crippen LogP contribution in [0.2, 0.25) is 0 Å². The minimum absolute atomic E-state index is 0.0949. The van der Waals surface area contributed by atoms with Crippen LogP contribution in [0.1, 0.15) is 26.3 Å². The van der Waals surface area contributed by atoms with E-state index in [0.29, 0.717) is 9.87 Å². The van der Waals surface area contributed by atoms with Gasteiger partial charge in [-0.25, -0.2) is 17.2 Å². The maximum Gasteiger partial charge on any atom is 0.264 e. The zero-order valence-electron chi connectivity index (χ0n) is 20.8. The molecule has 7 nitrogen and oxygen atoms in total. The Balaban J connectivity index is 2.02. The van der Waals surface area contributed by atoms with Crippen LogP contribution in [0, 0.1) is 11.6 Å². The first-order chi connectivity index (χ1) is 17.5. The summed E-state index contributed by atoms with van der Waals surface area (Å²) in [5.41, 5.74) is 0.225. The van der Waals surface area contributed by atoms with E-state index in [1.165, 1.54) is 78.6 Å². The number of halogens is 2. The fourth-order valence-corrected chi connectivity index (χ4v) is 5.10. The van der Waals surface area contributed by atoms with E-state index in [1.807, 2.05) is 0 Å². The molecule has 10 heteroatoms. The first kappa shape index (κ1) is 27.8. The number of para-hydroxylation sites is 1. The molecule has 0 radical (unpaired) electrons. The summed E-state index contributed by atoms with van der Waals surface area (Å²) in [7, 11) is -4.35. The second-order valence-corrected chi connectivity index (χ2v) is 10.6. The number of nitrogens with one attached hydrogen (secondary N) is 1. The lowest BCUT2D eigenvalue weighted by Gasteiger charge is -2.32. The lowest BCUT2D eigenvalue weighted by Crippen LogP contribution is -2.52. The van der Waals surface area contributed by atoms with Gasteiger partial charge in [-0.15, -0.1) is 0 Å². The number of carbonyl (C=O) groups excluding carboxylic acids is 2. The predicted molar refractivity (Wildman–Crippen MR) is 137 cm³/mol. The topological polar surface area (TPSA) is 86.8 Å². The van der Waals surface area contributed by atoms with Crippen molar-refractivity contribution < 1.29 is 26.8 Å². The Bertz CT molecular complexity index is 1330. The molecule has 1 unspecified atom stereocenters. The molecule has 0 aromatic heterocycles. The monoisotopic (exact) mass is 529 g/mol. The van der Waals surface area contributed by atoms with Gasteiger partial charge in [0.2, 0.25) is 11.8 Å². The van der Waals surface area contributed by atoms with Crippen LogP contribution in [-0.4, -0.2) is 43.8 Å². The third-order valence-corrected chi connectivity index (χ3v) is 7.37. The quantitative estimate of drug-likeness (QED) is 0.429. The number of sulfonamides is 1. The zero-order valence-corrected chi connectivity index (χ0v) is 21.6. The molecule has 0 spiro atoms. The molecule has 0 bridgehead atoms. The molecule has 3 rings (SSSR count). The fraction of sp³-hybridized carbons (Fsp3) is 0.259. The van der Waals surface area contributed by atoms with Gasteiger partial charge in [0.05, 0.1) is 10.6 Å². The Morgan fingerprint density at radius 2 is 1.46 bits per heavy atom. The SMILES string of the molecule is CC(C)NC(=O)C(C)N(Cc1ccc(F)cc1)C(=O)CN(c1ccccc1F)S(=O)(=O)c1ccccc1. The standard InChI is InChI=1S/C27H29F2N3O4S/c1-19(2)30-27(34)20(3)31(17-21-13-15-22(28)16-14-21)26(33)18-32(25-12-8-7-11-24(25)29)37(35,36)23-9-5-4-6-10-23/h4-16,19-20H,17-18H2,1-3H3,(H,30,34). The maximum absolute atomic E-state index is 14.8. The molecule has 3 aromatic rings. The highest BCUT2D eigenvalue weighted by Gasteiger charge is 2.33. The summed E-state index contributed by atoms with van der Waals surface area (Å²) in [6, 6.07) is 16.8. The van der Waals surface area contributed by atoms with Gasteiger partial charge in [-0.05, 0) is 62.7 Å². The Morgan fingerprint density at radius 1 is 0.865 bits per heavy atom. The maximum atomic E-state index is 14.8. The van der Waals surface area contributed by atoms with Crippen molar-refractivity contribution in [2.75, 3.05) is 10.8 Å². The summed E-state index contributed by atoms with van der Waals surface area (Å²) < 4.78 is 56.1. The fourth-order valence-electron chi connectivity index (χ4n) is 3.66. The highest BCUT2D eigenvalue weighted by Crippen LogP contribution is 2.26. The summed E-state index contributed by atoms with van der Waals surface area (Å²) in [5.74, 6) is -2.48. The van der Waals surface area contributed by atoms with Crippen molar-refractivity contribution in [3.05, 3.63) is 96.1 Å². The smallest absolute Gasteiger partial charge is 0.264 e. The lowest BCUT2D eigenvalue weighted by molar-refractivity contribution is -0.139. The van der Waals surface area contributed by atoms with E-state index >= 15 is 0 Å². The van der Waals surface area contributed by atoms with Crippen molar-refractivity contribution >= 4 is 27.5 Å². The Morgan fingerprint density at radius 3 is 2.05 bits per heavy atom. The van der Waals surface area contributed by atoms with Crippen molar-refractivity contribution in [3.8, 4) is 0 Å². The largest absolute Gasteiger partial charge is 0.352 e. The van der Waals surface area contributed by atoms with Gasteiger partial charge in [-0.3, -0.25) is 13.9 Å². The van der Waals surface area contributed by atoms with Crippen LogP contribution in [0.5, 0.6) is 0 Å². The molecule has 1 N–H and O–H groups in total. The molecule has 0 saturated heterocycles. The first-order valence-corrected chi connectivity index (χ1v) is 13.1. The van der Waals surface area contributed by atoms with Crippen molar-refractivity contribution in [2.24, 2.45) is 0 Å². The molecule has 0 heterocycles. The highest BCUT2D eigenvalue weighted by molar-refractivity contribution is 7.92. The average Bonchev–Trinajstić information content (AvgIpc) is 2.87. The molecule has 0 aliphatic carbocycles. The predicted octanol–water partition coefficient (Wildman–Crippen LogP) is 4.10. The van der Waals surface area contributed by atoms with Crippen molar-refractivity contribution in [3.63, 3.8) is 0 Å². The van der Waals surface area contributed by atoms with Crippen molar-refractivity contribution in [2.45, 2.75) is 44.3 Å². The number of amides is 2. The number of benzene rings is 3. The van der Waals surface area contributed by atoms with Crippen LogP contribution >= 0.6 is 0 Å². The second kappa shape index (κ2) is 12.0. The van der Waals surface area contributed by atoms with Gasteiger partial charge in [-0.1, -0.05) is 42.5 Å². The van der Waals surface area contributed by atoms with Crippen molar-refractivity contribution in [1.29, 1.82) is 0 Å². The number of carbonyl (C=O) groups is 2. The van der Waals surface area contributed by atoms with E-state index in [0.717, 1.165) is 6.07 Å². The summed E-state index contributed by atoms with van der Waals surface area (Å²) >= 11 is 0. The molecule has 0 fully saturated rings. The third-order valence-electron chi connectivity index (χ3n) is 5.60. The molecule has 1 atom stereocenters. The molecule has 0 aliphatic rings. The Labute approximate surface area is 215 Å². The summed E-state index contributed by atoms with van der Waals surface area (Å²) in [6.07, 6.45) is 0. The number of hydrogen-bond acceptors (Lipinski definition) is 4. The number of hydrogen-bond donors (Lipinski definition) is 1. The Kier molecular flexibility index (Phi) is 8.99. The number of nitrogens with zero attached hydrogens (tertiary/aromatic N) is 2. The van der Waals surface area contributed by atoms with E-state index in [1.54, 1.807) is 19.9 Å². The minimum atomic E-state index is -4.35. The molecule has 37 heavy (non-hydrogen) atoms. The van der Waals surface area contributed by atoms with Crippen LogP contribution in [-0.2, 0) is 26.2 Å².